The van der Waals surface area contributed by atoms with Gasteiger partial charge in [0.2, 0.25) is 11.9 Å². The van der Waals surface area contributed by atoms with Gasteiger partial charge in [-0.3, -0.25) is 0 Å². The van der Waals surface area contributed by atoms with E-state index in [4.69, 9.17) is 5.79 Å². The Labute approximate surface area is 158 Å². The molecule has 4 rings (SSSR count). The number of halogens is 1. The highest BCUT2D eigenvalue weighted by Gasteiger charge is 2.24. The van der Waals surface area contributed by atoms with Crippen LogP contribution in [0.25, 0.3) is 33.2 Å². The van der Waals surface area contributed by atoms with Crippen LogP contribution in [0, 0.1) is 24.1 Å². The number of pyridine rings is 1. The van der Waals surface area contributed by atoms with Crippen molar-refractivity contribution in [3.05, 3.63) is 65.1 Å². The van der Waals surface area contributed by atoms with Crippen molar-refractivity contribution in [2.75, 3.05) is 0 Å². The fourth-order valence-electron chi connectivity index (χ4n) is 3.65. The predicted molar refractivity (Wildman–Crippen MR) is 104 cm³/mol. The van der Waals surface area contributed by atoms with Crippen LogP contribution >= 0.6 is 0 Å². The maximum Gasteiger partial charge on any atom is 0.216 e. The summed E-state index contributed by atoms with van der Waals surface area (Å²) in [7, 11) is 1.78. The van der Waals surface area contributed by atoms with Gasteiger partial charge in [-0.25, -0.2) is 4.39 Å². The number of fused-ring (bicyclic) bond motifs is 3. The Bertz CT molecular complexity index is 1290. The Balaban J connectivity index is 2.14. The Morgan fingerprint density at radius 2 is 2.04 bits per heavy atom. The smallest absolute Gasteiger partial charge is 0.216 e. The van der Waals surface area contributed by atoms with Crippen LogP contribution in [-0.2, 0) is 7.05 Å². The summed E-state index contributed by atoms with van der Waals surface area (Å²) < 4.78 is 30.7. The minimum atomic E-state index is -1.07. The molecule has 3 nitrogen and oxygen atoms in total. The summed E-state index contributed by atoms with van der Waals surface area (Å²) in [4.78, 5) is 0. The molecule has 4 aromatic rings. The summed E-state index contributed by atoms with van der Waals surface area (Å²) in [6.45, 7) is 5.31. The average Bonchev–Trinajstić information content (AvgIpc) is 3.00. The first kappa shape index (κ1) is 16.0. The molecule has 0 radical (unpaired) electrons. The van der Waals surface area contributed by atoms with E-state index in [9.17, 15) is 9.65 Å². The number of aryl methyl sites for hydroxylation is 2. The molecule has 0 amide bonds. The molecule has 0 aliphatic rings. The normalized spacial score (nSPS) is 12.4. The third kappa shape index (κ3) is 2.59. The lowest BCUT2D eigenvalue weighted by atomic mass is 9.96. The van der Waals surface area contributed by atoms with Crippen LogP contribution in [0.2, 0.25) is 0 Å². The predicted octanol–water partition coefficient (Wildman–Crippen LogP) is 5.52. The van der Waals surface area contributed by atoms with Gasteiger partial charge in [-0.2, -0.15) is 9.83 Å². The third-order valence-electron chi connectivity index (χ3n) is 5.01. The first-order chi connectivity index (χ1) is 13.2. The fourth-order valence-corrected chi connectivity index (χ4v) is 3.65. The molecule has 0 aliphatic heterocycles. The number of rotatable bonds is 2. The zero-order valence-electron chi connectivity index (χ0n) is 16.7. The maximum absolute atomic E-state index is 14.5. The van der Waals surface area contributed by atoms with Crippen LogP contribution in [-0.4, -0.2) is 0 Å². The van der Waals surface area contributed by atoms with Gasteiger partial charge < -0.3 is 4.42 Å². The van der Waals surface area contributed by atoms with Crippen LogP contribution in [0.15, 0.2) is 47.0 Å². The molecule has 0 atom stereocenters. The van der Waals surface area contributed by atoms with E-state index in [-0.39, 0.29) is 0 Å². The summed E-state index contributed by atoms with van der Waals surface area (Å²) >= 11 is 0. The molecule has 134 valence electrons. The molecular weight excluding hydrogens is 339 g/mol. The molecule has 0 fully saturated rings. The van der Waals surface area contributed by atoms with Crippen molar-refractivity contribution in [3.63, 3.8) is 0 Å². The zero-order chi connectivity index (χ0) is 20.2. The topological polar surface area (TPSA) is 40.8 Å². The largest absolute Gasteiger partial charge is 0.455 e. The number of hydrogen-bond acceptors (Lipinski definition) is 2. The number of nitrogens with zero attached hydrogens (tertiary/aromatic N) is 2. The lowest BCUT2D eigenvalue weighted by Gasteiger charge is -2.10. The Kier molecular flexibility index (Phi) is 3.68. The summed E-state index contributed by atoms with van der Waals surface area (Å²) in [5.41, 5.74) is 4.76. The number of aromatic nitrogens is 1. The summed E-state index contributed by atoms with van der Waals surface area (Å²) in [5, 5.41) is 11.1. The van der Waals surface area contributed by atoms with Crippen molar-refractivity contribution < 1.29 is 14.7 Å². The van der Waals surface area contributed by atoms with Gasteiger partial charge in [0.25, 0.3) is 0 Å². The Morgan fingerprint density at radius 3 is 2.74 bits per heavy atom. The lowest BCUT2D eigenvalue weighted by molar-refractivity contribution is -0.662. The zero-order valence-corrected chi connectivity index (χ0v) is 15.7. The second-order valence-electron chi connectivity index (χ2n) is 7.06. The molecule has 4 heteroatoms. The molecule has 0 unspecified atom stereocenters. The van der Waals surface area contributed by atoms with E-state index in [2.05, 4.69) is 6.07 Å². The molecule has 0 saturated carbocycles. The molecule has 2 aromatic carbocycles. The SMILES string of the molecule is [2H]C(C)(C)c1cc(-c2c(C)ccc3c2oc2cccc(C#N)c23)[n+](C)cc1F. The fraction of sp³-hybridized carbons (Fsp3) is 0.217. The minimum absolute atomic E-state index is 0.325. The van der Waals surface area contributed by atoms with Gasteiger partial charge in [0, 0.05) is 23.8 Å². The molecule has 0 aliphatic carbocycles. The van der Waals surface area contributed by atoms with Crippen molar-refractivity contribution in [1.82, 2.24) is 0 Å². The first-order valence-electron chi connectivity index (χ1n) is 9.27. The van der Waals surface area contributed by atoms with Crippen LogP contribution in [0.1, 0.15) is 37.8 Å². The van der Waals surface area contributed by atoms with Crippen LogP contribution in [0.4, 0.5) is 4.39 Å². The van der Waals surface area contributed by atoms with Crippen molar-refractivity contribution >= 4 is 21.9 Å². The second kappa shape index (κ2) is 6.21. The average molecular weight is 360 g/mol. The molecule has 0 spiro atoms. The van der Waals surface area contributed by atoms with E-state index in [0.717, 1.165) is 27.6 Å². The van der Waals surface area contributed by atoms with E-state index in [1.165, 1.54) is 6.20 Å². The van der Waals surface area contributed by atoms with Gasteiger partial charge in [0.1, 0.15) is 18.2 Å². The minimum Gasteiger partial charge on any atom is -0.455 e. The first-order valence-corrected chi connectivity index (χ1v) is 8.77. The van der Waals surface area contributed by atoms with E-state index >= 15 is 0 Å². The van der Waals surface area contributed by atoms with Gasteiger partial charge in [0.05, 0.1) is 17.2 Å². The van der Waals surface area contributed by atoms with Gasteiger partial charge in [-0.15, -0.1) is 0 Å². The molecule has 2 heterocycles. The number of nitriles is 1. The Hall–Kier alpha value is -3.19. The number of benzene rings is 2. The van der Waals surface area contributed by atoms with Crippen LogP contribution in [0.5, 0.6) is 0 Å². The molecule has 0 saturated heterocycles. The third-order valence-corrected chi connectivity index (χ3v) is 5.01. The van der Waals surface area contributed by atoms with E-state index in [0.29, 0.717) is 22.3 Å². The van der Waals surface area contributed by atoms with Crippen LogP contribution in [0.3, 0.4) is 0 Å². The van der Waals surface area contributed by atoms with E-state index in [1.54, 1.807) is 43.7 Å². The molecule has 27 heavy (non-hydrogen) atoms. The van der Waals surface area contributed by atoms with Gasteiger partial charge in [-0.1, -0.05) is 32.0 Å². The van der Waals surface area contributed by atoms with E-state index in [1.807, 2.05) is 25.1 Å². The van der Waals surface area contributed by atoms with Gasteiger partial charge in [-0.05, 0) is 30.5 Å². The number of hydrogen-bond donors (Lipinski definition) is 0. The highest BCUT2D eigenvalue weighted by molar-refractivity contribution is 6.11. The van der Waals surface area contributed by atoms with E-state index < -0.39 is 11.7 Å². The Morgan fingerprint density at radius 1 is 1.26 bits per heavy atom. The van der Waals surface area contributed by atoms with Crippen molar-refractivity contribution in [3.8, 4) is 17.3 Å². The highest BCUT2D eigenvalue weighted by atomic mass is 19.1. The summed E-state index contributed by atoms with van der Waals surface area (Å²) in [6.07, 6.45) is 1.41. The van der Waals surface area contributed by atoms with Crippen LogP contribution < -0.4 is 4.57 Å². The quantitative estimate of drug-likeness (QED) is 0.442. The lowest BCUT2D eigenvalue weighted by Crippen LogP contribution is -2.32. The maximum atomic E-state index is 14.5. The van der Waals surface area contributed by atoms with Crippen molar-refractivity contribution in [2.24, 2.45) is 7.05 Å². The molecule has 0 bridgehead atoms. The summed E-state index contributed by atoms with van der Waals surface area (Å²) in [6, 6.07) is 13.3. The number of furan rings is 1. The standard InChI is InChI=1S/C23H20FN2O/c1-13(2)17-10-19(26(4)12-18(17)24)21-14(3)8-9-16-22-15(11-25)6-5-7-20(22)27-23(16)21/h5-10,12-13H,1-4H3/q+1/i13D. The van der Waals surface area contributed by atoms with Crippen molar-refractivity contribution in [1.29, 1.82) is 5.26 Å². The van der Waals surface area contributed by atoms with Crippen molar-refractivity contribution in [2.45, 2.75) is 26.7 Å². The molecule has 0 N–H and O–H groups in total. The molecule has 2 aromatic heterocycles. The second-order valence-corrected chi connectivity index (χ2v) is 7.06. The van der Waals surface area contributed by atoms with Gasteiger partial charge >= 0.3 is 0 Å². The summed E-state index contributed by atoms with van der Waals surface area (Å²) in [5.74, 6) is -1.48. The monoisotopic (exact) mass is 360 g/mol. The highest BCUT2D eigenvalue weighted by Crippen LogP contribution is 2.38. The molecular formula is C23H20FN2O+. The van der Waals surface area contributed by atoms with Gasteiger partial charge in [0.15, 0.2) is 5.82 Å².